The molecule has 3 aromatic heterocycles. The lowest BCUT2D eigenvalue weighted by molar-refractivity contribution is -0.138. The molecule has 5 rings (SSSR count). The number of fused-ring (bicyclic) bond motifs is 1. The van der Waals surface area contributed by atoms with Crippen LogP contribution in [0, 0.1) is 5.82 Å². The first-order valence-corrected chi connectivity index (χ1v) is 11.6. The number of anilines is 1. The van der Waals surface area contributed by atoms with Gasteiger partial charge in [0.15, 0.2) is 11.6 Å². The second-order valence-corrected chi connectivity index (χ2v) is 9.13. The van der Waals surface area contributed by atoms with Crippen molar-refractivity contribution in [1.29, 1.82) is 0 Å². The van der Waals surface area contributed by atoms with Crippen molar-refractivity contribution in [3.63, 3.8) is 0 Å². The number of aromatic nitrogens is 7. The lowest BCUT2D eigenvalue weighted by atomic mass is 10.1. The zero-order valence-corrected chi connectivity index (χ0v) is 19.3. The molecule has 1 aromatic carbocycles. The molecule has 11 nitrogen and oxygen atoms in total. The second-order valence-electron chi connectivity index (χ2n) is 7.30. The molecule has 1 aliphatic heterocycles. The molecule has 0 bridgehead atoms. The van der Waals surface area contributed by atoms with Gasteiger partial charge in [0.25, 0.3) is 0 Å². The highest BCUT2D eigenvalue weighted by molar-refractivity contribution is 9.10. The monoisotopic (exact) mass is 534 g/mol. The number of carboxylic acid groups (broad SMARTS) is 1. The number of carbonyl (C=O) groups is 1. The Bertz CT molecular complexity index is 1320. The van der Waals surface area contributed by atoms with Crippen molar-refractivity contribution >= 4 is 49.5 Å². The van der Waals surface area contributed by atoms with E-state index in [9.17, 15) is 9.18 Å². The summed E-state index contributed by atoms with van der Waals surface area (Å²) < 4.78 is 20.2. The van der Waals surface area contributed by atoms with Crippen LogP contribution in [0.15, 0.2) is 28.9 Å². The number of ether oxygens (including phenoxy) is 1. The first-order chi connectivity index (χ1) is 15.9. The maximum atomic E-state index is 13.5. The fourth-order valence-corrected chi connectivity index (χ4v) is 4.58. The number of nitrogens with zero attached hydrogens (tertiary/aromatic N) is 8. The number of carboxylic acids is 1. The predicted octanol–water partition coefficient (Wildman–Crippen LogP) is 2.77. The highest BCUT2D eigenvalue weighted by Crippen LogP contribution is 2.30. The molecule has 1 fully saturated rings. The molecular formula is C19H16BrFN8O3S. The van der Waals surface area contributed by atoms with Crippen LogP contribution in [0.5, 0.6) is 5.75 Å². The lowest BCUT2D eigenvalue weighted by Crippen LogP contribution is -2.39. The van der Waals surface area contributed by atoms with Crippen LogP contribution < -0.4 is 9.64 Å². The molecule has 0 spiro atoms. The molecule has 0 atom stereocenters. The Kier molecular flexibility index (Phi) is 5.85. The van der Waals surface area contributed by atoms with E-state index in [2.05, 4.69) is 51.2 Å². The van der Waals surface area contributed by atoms with Gasteiger partial charge in [0.2, 0.25) is 11.8 Å². The maximum absolute atomic E-state index is 13.5. The first-order valence-electron chi connectivity index (χ1n) is 9.95. The minimum absolute atomic E-state index is 0.0300. The van der Waals surface area contributed by atoms with Gasteiger partial charge in [-0.1, -0.05) is 11.3 Å². The molecule has 0 amide bonds. The summed E-state index contributed by atoms with van der Waals surface area (Å²) in [6.45, 7) is 1.01. The van der Waals surface area contributed by atoms with Crippen molar-refractivity contribution in [3.8, 4) is 16.6 Å². The molecule has 4 heterocycles. The molecule has 0 unspecified atom stereocenters. The molecular weight excluding hydrogens is 519 g/mol. The van der Waals surface area contributed by atoms with E-state index >= 15 is 0 Å². The number of hydrogen-bond donors (Lipinski definition) is 1. The summed E-state index contributed by atoms with van der Waals surface area (Å²) in [5.74, 6) is -0.0718. The third-order valence-electron chi connectivity index (χ3n) is 4.97. The van der Waals surface area contributed by atoms with Crippen molar-refractivity contribution < 1.29 is 19.0 Å². The summed E-state index contributed by atoms with van der Waals surface area (Å²) in [5.41, 5.74) is 0.600. The summed E-state index contributed by atoms with van der Waals surface area (Å²) in [6.07, 6.45) is 3.10. The van der Waals surface area contributed by atoms with E-state index in [4.69, 9.17) is 9.84 Å². The fourth-order valence-electron chi connectivity index (χ4n) is 3.41. The zero-order valence-electron chi connectivity index (χ0n) is 16.9. The van der Waals surface area contributed by atoms with Gasteiger partial charge >= 0.3 is 5.97 Å². The minimum Gasteiger partial charge on any atom is -0.489 e. The van der Waals surface area contributed by atoms with Gasteiger partial charge in [0.1, 0.15) is 28.0 Å². The van der Waals surface area contributed by atoms with Gasteiger partial charge in [-0.05, 0) is 33.3 Å². The Morgan fingerprint density at radius 1 is 1.30 bits per heavy atom. The van der Waals surface area contributed by atoms with Gasteiger partial charge in [-0.15, -0.1) is 10.2 Å². The number of piperidine rings is 1. The number of halogens is 2. The molecule has 0 aliphatic carbocycles. The summed E-state index contributed by atoms with van der Waals surface area (Å²) >= 11 is 4.68. The third-order valence-corrected chi connectivity index (χ3v) is 6.59. The molecule has 1 aliphatic rings. The van der Waals surface area contributed by atoms with E-state index in [1.165, 1.54) is 23.5 Å². The van der Waals surface area contributed by atoms with Crippen LogP contribution in [0.3, 0.4) is 0 Å². The fraction of sp³-hybridized carbons (Fsp3) is 0.316. The highest BCUT2D eigenvalue weighted by Gasteiger charge is 2.24. The number of hydrogen-bond acceptors (Lipinski definition) is 10. The van der Waals surface area contributed by atoms with Crippen LogP contribution >= 0.6 is 27.3 Å². The Labute approximate surface area is 198 Å². The topological polar surface area (TPSA) is 132 Å². The lowest BCUT2D eigenvalue weighted by Gasteiger charge is -2.32. The third kappa shape index (κ3) is 4.75. The second kappa shape index (κ2) is 8.94. The van der Waals surface area contributed by atoms with Crippen LogP contribution in [0.2, 0.25) is 0 Å². The van der Waals surface area contributed by atoms with Crippen molar-refractivity contribution in [3.05, 3.63) is 34.7 Å². The first kappa shape index (κ1) is 21.6. The quantitative estimate of drug-likeness (QED) is 0.393. The Balaban J connectivity index is 1.26. The maximum Gasteiger partial charge on any atom is 0.327 e. The van der Waals surface area contributed by atoms with E-state index in [0.29, 0.717) is 40.1 Å². The van der Waals surface area contributed by atoms with Crippen molar-refractivity contribution in [1.82, 2.24) is 35.2 Å². The van der Waals surface area contributed by atoms with Crippen molar-refractivity contribution in [2.75, 3.05) is 18.0 Å². The molecule has 4 aromatic rings. The molecule has 1 saturated heterocycles. The average Bonchev–Trinajstić information content (AvgIpc) is 3.42. The van der Waals surface area contributed by atoms with Gasteiger partial charge < -0.3 is 14.7 Å². The number of tetrazole rings is 1. The van der Waals surface area contributed by atoms with Crippen LogP contribution in [-0.2, 0) is 11.3 Å². The van der Waals surface area contributed by atoms with Gasteiger partial charge in [0, 0.05) is 32.0 Å². The van der Waals surface area contributed by atoms with Gasteiger partial charge in [-0.25, -0.2) is 19.3 Å². The largest absolute Gasteiger partial charge is 0.489 e. The van der Waals surface area contributed by atoms with Crippen LogP contribution in [-0.4, -0.2) is 65.4 Å². The Morgan fingerprint density at radius 2 is 2.12 bits per heavy atom. The Hall–Kier alpha value is -3.26. The molecule has 14 heteroatoms. The van der Waals surface area contributed by atoms with E-state index in [1.807, 2.05) is 0 Å². The van der Waals surface area contributed by atoms with E-state index < -0.39 is 5.97 Å². The van der Waals surface area contributed by atoms with Crippen LogP contribution in [0.25, 0.3) is 21.2 Å². The van der Waals surface area contributed by atoms with Crippen molar-refractivity contribution in [2.24, 2.45) is 0 Å². The van der Waals surface area contributed by atoms with Gasteiger partial charge in [0.05, 0.1) is 10.7 Å². The highest BCUT2D eigenvalue weighted by atomic mass is 79.9. The predicted molar refractivity (Wildman–Crippen MR) is 120 cm³/mol. The number of thiazole rings is 1. The molecule has 0 radical (unpaired) electrons. The molecule has 33 heavy (non-hydrogen) atoms. The normalized spacial score (nSPS) is 14.7. The standard InChI is InChI=1S/C19H16BrFN8O3S/c20-12-2-1-10(21)7-14(12)32-11-3-5-28(6-4-11)19-22-8-13-17(24-19)33-18(23-13)16-25-27-29(26-16)9-15(30)31/h1-2,7-8,11H,3-6,9H2,(H,30,31). The van der Waals surface area contributed by atoms with Gasteiger partial charge in [-0.3, -0.25) is 4.79 Å². The van der Waals surface area contributed by atoms with Gasteiger partial charge in [-0.2, -0.15) is 4.80 Å². The molecule has 0 saturated carbocycles. The number of aliphatic carboxylic acids is 1. The van der Waals surface area contributed by atoms with Crippen molar-refractivity contribution in [2.45, 2.75) is 25.5 Å². The number of benzene rings is 1. The summed E-state index contributed by atoms with van der Waals surface area (Å²) in [7, 11) is 0. The van der Waals surface area contributed by atoms with E-state index in [-0.39, 0.29) is 24.3 Å². The molecule has 1 N–H and O–H groups in total. The van der Waals surface area contributed by atoms with Crippen LogP contribution in [0.4, 0.5) is 10.3 Å². The minimum atomic E-state index is -1.06. The zero-order chi connectivity index (χ0) is 22.9. The summed E-state index contributed by atoms with van der Waals surface area (Å²) in [5, 5.41) is 21.0. The van der Waals surface area contributed by atoms with E-state index in [1.54, 1.807) is 12.3 Å². The summed E-state index contributed by atoms with van der Waals surface area (Å²) in [4.78, 5) is 28.0. The summed E-state index contributed by atoms with van der Waals surface area (Å²) in [6, 6.07) is 4.39. The molecule has 170 valence electrons. The number of rotatable bonds is 6. The SMILES string of the molecule is O=C(O)Cn1nnc(-c2nc3cnc(N4CCC(Oc5cc(F)ccc5Br)CC4)nc3s2)n1. The van der Waals surface area contributed by atoms with Crippen LogP contribution in [0.1, 0.15) is 12.8 Å². The van der Waals surface area contributed by atoms with E-state index in [0.717, 1.165) is 22.1 Å². The smallest absolute Gasteiger partial charge is 0.327 e. The average molecular weight is 535 g/mol. The Morgan fingerprint density at radius 3 is 2.91 bits per heavy atom.